The predicted octanol–water partition coefficient (Wildman–Crippen LogP) is 3.45. The maximum Gasteiger partial charge on any atom is 0.224 e. The second-order valence-corrected chi connectivity index (χ2v) is 4.74. The summed E-state index contributed by atoms with van der Waals surface area (Å²) >= 11 is 0. The Labute approximate surface area is 130 Å². The molecule has 0 amide bonds. The largest absolute Gasteiger partial charge is 0.497 e. The molecule has 118 valence electrons. The number of hydrogen-bond acceptors (Lipinski definition) is 6. The van der Waals surface area contributed by atoms with Crippen molar-refractivity contribution >= 4 is 17.5 Å². The summed E-state index contributed by atoms with van der Waals surface area (Å²) in [5.74, 6) is 2.78. The molecule has 0 saturated heterocycles. The van der Waals surface area contributed by atoms with Crippen molar-refractivity contribution in [3.05, 3.63) is 30.5 Å². The van der Waals surface area contributed by atoms with E-state index in [1.165, 1.54) is 0 Å². The molecule has 0 aliphatic heterocycles. The summed E-state index contributed by atoms with van der Waals surface area (Å²) in [5, 5.41) is 6.44. The summed E-state index contributed by atoms with van der Waals surface area (Å²) in [6.07, 6.45) is 3.94. The number of methoxy groups -OCH3 is 2. The van der Waals surface area contributed by atoms with Gasteiger partial charge in [-0.05, 0) is 24.6 Å². The van der Waals surface area contributed by atoms with Crippen molar-refractivity contribution in [1.82, 2.24) is 9.97 Å². The van der Waals surface area contributed by atoms with Crippen molar-refractivity contribution < 1.29 is 9.47 Å². The molecule has 6 heteroatoms. The highest BCUT2D eigenvalue weighted by Crippen LogP contribution is 2.31. The lowest BCUT2D eigenvalue weighted by Crippen LogP contribution is -2.06. The Morgan fingerprint density at radius 1 is 1.14 bits per heavy atom. The zero-order valence-corrected chi connectivity index (χ0v) is 13.2. The number of unbranched alkanes of at least 4 members (excludes halogenated alkanes) is 1. The third-order valence-corrected chi connectivity index (χ3v) is 3.14. The Morgan fingerprint density at radius 3 is 2.73 bits per heavy atom. The first kappa shape index (κ1) is 15.9. The fourth-order valence-electron chi connectivity index (χ4n) is 1.94. The molecule has 2 aromatic rings. The average molecular weight is 302 g/mol. The molecule has 0 unspecified atom stereocenters. The standard InChI is InChI=1S/C16H22N4O2/c1-4-5-9-17-16-18-10-8-15(20-16)19-13-11-12(21-2)6-7-14(13)22-3/h6-8,10-11H,4-5,9H2,1-3H3,(H2,17,18,19,20). The Balaban J connectivity index is 2.14. The van der Waals surface area contributed by atoms with Crippen LogP contribution in [-0.2, 0) is 0 Å². The van der Waals surface area contributed by atoms with Gasteiger partial charge in [-0.25, -0.2) is 4.98 Å². The molecule has 6 nitrogen and oxygen atoms in total. The molecule has 0 saturated carbocycles. The summed E-state index contributed by atoms with van der Waals surface area (Å²) in [6, 6.07) is 7.37. The summed E-state index contributed by atoms with van der Waals surface area (Å²) in [6.45, 7) is 3.01. The van der Waals surface area contributed by atoms with E-state index in [9.17, 15) is 0 Å². The third kappa shape index (κ3) is 4.25. The fraction of sp³-hybridized carbons (Fsp3) is 0.375. The lowest BCUT2D eigenvalue weighted by molar-refractivity contribution is 0.405. The number of rotatable bonds is 8. The predicted molar refractivity (Wildman–Crippen MR) is 88.3 cm³/mol. The van der Waals surface area contributed by atoms with Crippen LogP contribution < -0.4 is 20.1 Å². The quantitative estimate of drug-likeness (QED) is 0.728. The Hall–Kier alpha value is -2.50. The number of nitrogens with zero attached hydrogens (tertiary/aromatic N) is 2. The number of hydrogen-bond donors (Lipinski definition) is 2. The molecule has 0 radical (unpaired) electrons. The monoisotopic (exact) mass is 302 g/mol. The van der Waals surface area contributed by atoms with Crippen LogP contribution in [0.25, 0.3) is 0 Å². The normalized spacial score (nSPS) is 10.1. The van der Waals surface area contributed by atoms with Crippen LogP contribution in [0.15, 0.2) is 30.5 Å². The molecule has 1 aromatic heterocycles. The van der Waals surface area contributed by atoms with E-state index in [1.807, 2.05) is 24.3 Å². The van der Waals surface area contributed by atoms with Crippen LogP contribution in [0.4, 0.5) is 17.5 Å². The lowest BCUT2D eigenvalue weighted by Gasteiger charge is -2.12. The highest BCUT2D eigenvalue weighted by Gasteiger charge is 2.07. The summed E-state index contributed by atoms with van der Waals surface area (Å²) < 4.78 is 10.6. The molecule has 0 atom stereocenters. The van der Waals surface area contributed by atoms with Gasteiger partial charge < -0.3 is 20.1 Å². The minimum Gasteiger partial charge on any atom is -0.497 e. The zero-order valence-electron chi connectivity index (χ0n) is 13.2. The SMILES string of the molecule is CCCCNc1nccc(Nc2cc(OC)ccc2OC)n1. The Kier molecular flexibility index (Phi) is 5.82. The van der Waals surface area contributed by atoms with E-state index >= 15 is 0 Å². The first-order valence-electron chi connectivity index (χ1n) is 7.32. The van der Waals surface area contributed by atoms with Gasteiger partial charge in [0.1, 0.15) is 17.3 Å². The van der Waals surface area contributed by atoms with Crippen molar-refractivity contribution in [1.29, 1.82) is 0 Å². The van der Waals surface area contributed by atoms with Gasteiger partial charge in [0.05, 0.1) is 19.9 Å². The van der Waals surface area contributed by atoms with Crippen molar-refractivity contribution in [3.63, 3.8) is 0 Å². The molecule has 2 rings (SSSR count). The van der Waals surface area contributed by atoms with Crippen LogP contribution in [0.2, 0.25) is 0 Å². The smallest absolute Gasteiger partial charge is 0.224 e. The van der Waals surface area contributed by atoms with Gasteiger partial charge >= 0.3 is 0 Å². The minimum absolute atomic E-state index is 0.611. The number of benzene rings is 1. The maximum absolute atomic E-state index is 5.35. The molecule has 0 spiro atoms. The van der Waals surface area contributed by atoms with E-state index in [0.29, 0.717) is 11.8 Å². The molecule has 1 heterocycles. The van der Waals surface area contributed by atoms with E-state index in [2.05, 4.69) is 27.5 Å². The van der Waals surface area contributed by atoms with E-state index < -0.39 is 0 Å². The third-order valence-electron chi connectivity index (χ3n) is 3.14. The van der Waals surface area contributed by atoms with Gasteiger partial charge in [-0.3, -0.25) is 0 Å². The Bertz CT molecular complexity index is 604. The lowest BCUT2D eigenvalue weighted by atomic mass is 10.2. The van der Waals surface area contributed by atoms with Gasteiger partial charge in [-0.2, -0.15) is 4.98 Å². The molecular weight excluding hydrogens is 280 g/mol. The van der Waals surface area contributed by atoms with Gasteiger partial charge in [0.2, 0.25) is 5.95 Å². The fourth-order valence-corrected chi connectivity index (χ4v) is 1.94. The number of anilines is 3. The average Bonchev–Trinajstić information content (AvgIpc) is 2.55. The van der Waals surface area contributed by atoms with Crippen LogP contribution in [0, 0.1) is 0 Å². The van der Waals surface area contributed by atoms with Crippen molar-refractivity contribution in [2.45, 2.75) is 19.8 Å². The summed E-state index contributed by atoms with van der Waals surface area (Å²) in [4.78, 5) is 8.65. The topological polar surface area (TPSA) is 68.3 Å². The molecule has 2 N–H and O–H groups in total. The molecule has 0 bridgehead atoms. The molecule has 0 fully saturated rings. The van der Waals surface area contributed by atoms with Crippen LogP contribution in [-0.4, -0.2) is 30.7 Å². The van der Waals surface area contributed by atoms with Gasteiger partial charge in [-0.1, -0.05) is 13.3 Å². The van der Waals surface area contributed by atoms with Crippen LogP contribution in [0.1, 0.15) is 19.8 Å². The van der Waals surface area contributed by atoms with Gasteiger partial charge in [-0.15, -0.1) is 0 Å². The van der Waals surface area contributed by atoms with Crippen molar-refractivity contribution in [2.24, 2.45) is 0 Å². The number of ether oxygens (including phenoxy) is 2. The van der Waals surface area contributed by atoms with E-state index in [4.69, 9.17) is 9.47 Å². The van der Waals surface area contributed by atoms with Crippen LogP contribution >= 0.6 is 0 Å². The van der Waals surface area contributed by atoms with Crippen molar-refractivity contribution in [3.8, 4) is 11.5 Å². The van der Waals surface area contributed by atoms with E-state index in [-0.39, 0.29) is 0 Å². The van der Waals surface area contributed by atoms with Crippen LogP contribution in [0.3, 0.4) is 0 Å². The van der Waals surface area contributed by atoms with Gasteiger partial charge in [0.25, 0.3) is 0 Å². The van der Waals surface area contributed by atoms with Crippen molar-refractivity contribution in [2.75, 3.05) is 31.4 Å². The van der Waals surface area contributed by atoms with Gasteiger partial charge in [0.15, 0.2) is 0 Å². The number of nitrogens with one attached hydrogen (secondary N) is 2. The van der Waals surface area contributed by atoms with E-state index in [0.717, 1.165) is 36.6 Å². The summed E-state index contributed by atoms with van der Waals surface area (Å²) in [5.41, 5.74) is 0.792. The Morgan fingerprint density at radius 2 is 2.00 bits per heavy atom. The second-order valence-electron chi connectivity index (χ2n) is 4.74. The first-order chi connectivity index (χ1) is 10.8. The maximum atomic E-state index is 5.35. The minimum atomic E-state index is 0.611. The zero-order chi connectivity index (χ0) is 15.8. The molecular formula is C16H22N4O2. The molecule has 1 aromatic carbocycles. The van der Waals surface area contributed by atoms with Gasteiger partial charge in [0, 0.05) is 18.8 Å². The summed E-state index contributed by atoms with van der Waals surface area (Å²) in [7, 11) is 3.26. The first-order valence-corrected chi connectivity index (χ1v) is 7.32. The van der Waals surface area contributed by atoms with E-state index in [1.54, 1.807) is 20.4 Å². The highest BCUT2D eigenvalue weighted by molar-refractivity contribution is 5.66. The number of aromatic nitrogens is 2. The second kappa shape index (κ2) is 8.07. The molecule has 0 aliphatic carbocycles. The molecule has 0 aliphatic rings. The molecule has 22 heavy (non-hydrogen) atoms. The highest BCUT2D eigenvalue weighted by atomic mass is 16.5. The van der Waals surface area contributed by atoms with Crippen LogP contribution in [0.5, 0.6) is 11.5 Å².